The Morgan fingerprint density at radius 1 is 1.20 bits per heavy atom. The van der Waals surface area contributed by atoms with Crippen LogP contribution in [0.15, 0.2) is 36.7 Å². The molecule has 2 rings (SSSR count). The summed E-state index contributed by atoms with van der Waals surface area (Å²) in [6, 6.07) is 8.11. The Morgan fingerprint density at radius 3 is 2.65 bits per heavy atom. The Balaban J connectivity index is 2.09. The van der Waals surface area contributed by atoms with Gasteiger partial charge in [-0.2, -0.15) is 0 Å². The number of hydrogen-bond acceptors (Lipinski definition) is 2. The molecule has 0 spiro atoms. The number of aryl methyl sites for hydroxylation is 1. The van der Waals surface area contributed by atoms with Gasteiger partial charge in [0.05, 0.1) is 10.0 Å². The van der Waals surface area contributed by atoms with E-state index in [0.29, 0.717) is 10.0 Å². The highest BCUT2D eigenvalue weighted by molar-refractivity contribution is 6.42. The summed E-state index contributed by atoms with van der Waals surface area (Å²) >= 11 is 12.1. The van der Waals surface area contributed by atoms with Crippen molar-refractivity contribution in [3.05, 3.63) is 63.4 Å². The summed E-state index contributed by atoms with van der Waals surface area (Å²) < 4.78 is 0. The summed E-state index contributed by atoms with van der Waals surface area (Å²) in [5.74, 6) is 0. The SMILES string of the molecule is CCC(NCc1ccncc1C)c1ccc(Cl)c(Cl)c1. The summed E-state index contributed by atoms with van der Waals surface area (Å²) in [6.07, 6.45) is 4.70. The lowest BCUT2D eigenvalue weighted by atomic mass is 10.0. The molecule has 2 nitrogen and oxygen atoms in total. The van der Waals surface area contributed by atoms with Gasteiger partial charge >= 0.3 is 0 Å². The molecule has 0 saturated carbocycles. The van der Waals surface area contributed by atoms with Crippen molar-refractivity contribution in [2.75, 3.05) is 0 Å². The van der Waals surface area contributed by atoms with Crippen molar-refractivity contribution >= 4 is 23.2 Å². The van der Waals surface area contributed by atoms with Crippen LogP contribution in [0.25, 0.3) is 0 Å². The number of benzene rings is 1. The lowest BCUT2D eigenvalue weighted by Crippen LogP contribution is -2.20. The van der Waals surface area contributed by atoms with Crippen molar-refractivity contribution in [3.8, 4) is 0 Å². The van der Waals surface area contributed by atoms with Crippen LogP contribution in [0.3, 0.4) is 0 Å². The number of pyridine rings is 1. The molecule has 0 aliphatic carbocycles. The van der Waals surface area contributed by atoms with Crippen molar-refractivity contribution in [1.82, 2.24) is 10.3 Å². The highest BCUT2D eigenvalue weighted by Gasteiger charge is 2.11. The van der Waals surface area contributed by atoms with E-state index >= 15 is 0 Å². The molecule has 0 bridgehead atoms. The summed E-state index contributed by atoms with van der Waals surface area (Å²) in [5, 5.41) is 4.75. The third-order valence-corrected chi connectivity index (χ3v) is 4.17. The zero-order valence-corrected chi connectivity index (χ0v) is 13.2. The Labute approximate surface area is 130 Å². The van der Waals surface area contributed by atoms with Crippen molar-refractivity contribution in [2.45, 2.75) is 32.9 Å². The lowest BCUT2D eigenvalue weighted by Gasteiger charge is -2.18. The van der Waals surface area contributed by atoms with Crippen molar-refractivity contribution < 1.29 is 0 Å². The van der Waals surface area contributed by atoms with E-state index in [1.165, 1.54) is 11.1 Å². The Hall–Kier alpha value is -1.09. The molecule has 0 radical (unpaired) electrons. The van der Waals surface area contributed by atoms with E-state index < -0.39 is 0 Å². The normalized spacial score (nSPS) is 12.4. The van der Waals surface area contributed by atoms with Gasteiger partial charge in [0.15, 0.2) is 0 Å². The first kappa shape index (κ1) is 15.3. The van der Waals surface area contributed by atoms with E-state index in [9.17, 15) is 0 Å². The predicted molar refractivity (Wildman–Crippen MR) is 85.3 cm³/mol. The monoisotopic (exact) mass is 308 g/mol. The second kappa shape index (κ2) is 7.07. The summed E-state index contributed by atoms with van der Waals surface area (Å²) in [4.78, 5) is 4.11. The van der Waals surface area contributed by atoms with E-state index in [-0.39, 0.29) is 6.04 Å². The molecule has 1 heterocycles. The van der Waals surface area contributed by atoms with Crippen LogP contribution in [0.5, 0.6) is 0 Å². The zero-order valence-electron chi connectivity index (χ0n) is 11.7. The van der Waals surface area contributed by atoms with Gasteiger partial charge in [-0.1, -0.05) is 36.2 Å². The second-order valence-corrected chi connectivity index (χ2v) is 5.63. The number of nitrogens with one attached hydrogen (secondary N) is 1. The highest BCUT2D eigenvalue weighted by Crippen LogP contribution is 2.27. The molecule has 106 valence electrons. The molecule has 20 heavy (non-hydrogen) atoms. The molecule has 0 amide bonds. The topological polar surface area (TPSA) is 24.9 Å². The number of rotatable bonds is 5. The minimum Gasteiger partial charge on any atom is -0.306 e. The van der Waals surface area contributed by atoms with Crippen LogP contribution >= 0.6 is 23.2 Å². The fourth-order valence-electron chi connectivity index (χ4n) is 2.16. The highest BCUT2D eigenvalue weighted by atomic mass is 35.5. The largest absolute Gasteiger partial charge is 0.306 e. The molecule has 1 unspecified atom stereocenters. The molecule has 0 saturated heterocycles. The zero-order chi connectivity index (χ0) is 14.5. The fraction of sp³-hybridized carbons (Fsp3) is 0.312. The van der Waals surface area contributed by atoms with Gasteiger partial charge in [-0.3, -0.25) is 4.98 Å². The van der Waals surface area contributed by atoms with Crippen LogP contribution in [-0.4, -0.2) is 4.98 Å². The van der Waals surface area contributed by atoms with Gasteiger partial charge in [0, 0.05) is 25.0 Å². The molecule has 1 aromatic heterocycles. The number of aromatic nitrogens is 1. The van der Waals surface area contributed by atoms with Crippen molar-refractivity contribution in [3.63, 3.8) is 0 Å². The van der Waals surface area contributed by atoms with E-state index in [2.05, 4.69) is 24.1 Å². The predicted octanol–water partition coefficient (Wildman–Crippen LogP) is 4.94. The van der Waals surface area contributed by atoms with Crippen LogP contribution in [0.4, 0.5) is 0 Å². The molecular weight excluding hydrogens is 291 g/mol. The smallest absolute Gasteiger partial charge is 0.0595 e. The van der Waals surface area contributed by atoms with Gasteiger partial charge in [-0.05, 0) is 48.2 Å². The molecule has 0 aliphatic rings. The molecule has 2 aromatic rings. The maximum Gasteiger partial charge on any atom is 0.0595 e. The van der Waals surface area contributed by atoms with Gasteiger partial charge in [0.2, 0.25) is 0 Å². The van der Waals surface area contributed by atoms with Gasteiger partial charge in [-0.25, -0.2) is 0 Å². The molecule has 0 fully saturated rings. The van der Waals surface area contributed by atoms with Crippen LogP contribution in [0.2, 0.25) is 10.0 Å². The van der Waals surface area contributed by atoms with Crippen LogP contribution < -0.4 is 5.32 Å². The fourth-order valence-corrected chi connectivity index (χ4v) is 2.47. The quantitative estimate of drug-likeness (QED) is 0.846. The van der Waals surface area contributed by atoms with E-state index in [4.69, 9.17) is 23.2 Å². The third-order valence-electron chi connectivity index (χ3n) is 3.43. The minimum atomic E-state index is 0.261. The number of nitrogens with zero attached hydrogens (tertiary/aromatic N) is 1. The maximum atomic E-state index is 6.09. The van der Waals surface area contributed by atoms with E-state index in [1.807, 2.05) is 36.7 Å². The average molecular weight is 309 g/mol. The Bertz CT molecular complexity index is 584. The van der Waals surface area contributed by atoms with Crippen molar-refractivity contribution in [1.29, 1.82) is 0 Å². The third kappa shape index (κ3) is 3.72. The van der Waals surface area contributed by atoms with Gasteiger partial charge < -0.3 is 5.32 Å². The first-order valence-corrected chi connectivity index (χ1v) is 7.45. The number of hydrogen-bond donors (Lipinski definition) is 1. The molecular formula is C16H18Cl2N2. The van der Waals surface area contributed by atoms with Gasteiger partial charge in [0.25, 0.3) is 0 Å². The summed E-state index contributed by atoms with van der Waals surface area (Å²) in [6.45, 7) is 5.04. The summed E-state index contributed by atoms with van der Waals surface area (Å²) in [5.41, 5.74) is 3.62. The average Bonchev–Trinajstić information content (AvgIpc) is 2.45. The summed E-state index contributed by atoms with van der Waals surface area (Å²) in [7, 11) is 0. The number of halogens is 2. The first-order chi connectivity index (χ1) is 9.61. The molecule has 1 N–H and O–H groups in total. The van der Waals surface area contributed by atoms with Crippen LogP contribution in [0, 0.1) is 6.92 Å². The standard InChI is InChI=1S/C16H18Cl2N2/c1-3-16(12-4-5-14(17)15(18)8-12)20-10-13-6-7-19-9-11(13)2/h4-9,16,20H,3,10H2,1-2H3. The lowest BCUT2D eigenvalue weighted by molar-refractivity contribution is 0.518. The molecule has 1 atom stereocenters. The molecule has 0 aliphatic heterocycles. The minimum absolute atomic E-state index is 0.261. The first-order valence-electron chi connectivity index (χ1n) is 6.69. The van der Waals surface area contributed by atoms with Gasteiger partial charge in [-0.15, -0.1) is 0 Å². The van der Waals surface area contributed by atoms with Crippen LogP contribution in [0.1, 0.15) is 36.1 Å². The van der Waals surface area contributed by atoms with E-state index in [1.54, 1.807) is 0 Å². The van der Waals surface area contributed by atoms with Gasteiger partial charge in [0.1, 0.15) is 0 Å². The Kier molecular flexibility index (Phi) is 5.41. The maximum absolute atomic E-state index is 6.09. The van der Waals surface area contributed by atoms with Crippen molar-refractivity contribution in [2.24, 2.45) is 0 Å². The second-order valence-electron chi connectivity index (χ2n) is 4.82. The molecule has 1 aromatic carbocycles. The Morgan fingerprint density at radius 2 is 2.00 bits per heavy atom. The van der Waals surface area contributed by atoms with Crippen LogP contribution in [-0.2, 0) is 6.54 Å². The van der Waals surface area contributed by atoms with E-state index in [0.717, 1.165) is 18.5 Å². The molecule has 4 heteroatoms.